The maximum absolute atomic E-state index is 11.5. The summed E-state index contributed by atoms with van der Waals surface area (Å²) < 4.78 is 5.18. The van der Waals surface area contributed by atoms with Gasteiger partial charge in [0, 0.05) is 12.1 Å². The highest BCUT2D eigenvalue weighted by atomic mass is 35.5. The third-order valence-corrected chi connectivity index (χ3v) is 2.52. The molecule has 1 aliphatic carbocycles. The molecule has 0 saturated heterocycles. The molecule has 0 heterocycles. The van der Waals surface area contributed by atoms with E-state index in [2.05, 4.69) is 5.32 Å². The molecule has 0 aromatic heterocycles. The van der Waals surface area contributed by atoms with Crippen molar-refractivity contribution in [3.05, 3.63) is 0 Å². The largest absolute Gasteiger partial charge is 0.444 e. The standard InChI is InChI=1S/C11H22N2O2.ClH/c1-11(2,3)15-10(14)13-9-7-5-4-6-8(9)12;/h8-9H,4-7,12H2,1-3H3,(H,13,14);1H/t8-,9-;/m1./s1. The first-order chi connectivity index (χ1) is 6.88. The molecule has 0 bridgehead atoms. The fraction of sp³-hybridized carbons (Fsp3) is 0.909. The second kappa shape index (κ2) is 6.30. The van der Waals surface area contributed by atoms with Gasteiger partial charge in [-0.25, -0.2) is 4.79 Å². The van der Waals surface area contributed by atoms with Crippen LogP contribution < -0.4 is 11.1 Å². The predicted molar refractivity (Wildman–Crippen MR) is 66.8 cm³/mol. The van der Waals surface area contributed by atoms with Crippen LogP contribution in [0.3, 0.4) is 0 Å². The van der Waals surface area contributed by atoms with Crippen LogP contribution in [0.25, 0.3) is 0 Å². The van der Waals surface area contributed by atoms with Crippen molar-refractivity contribution >= 4 is 18.5 Å². The lowest BCUT2D eigenvalue weighted by Gasteiger charge is -2.30. The molecule has 4 nitrogen and oxygen atoms in total. The lowest BCUT2D eigenvalue weighted by Crippen LogP contribution is -2.50. The highest BCUT2D eigenvalue weighted by Gasteiger charge is 2.25. The minimum Gasteiger partial charge on any atom is -0.444 e. The van der Waals surface area contributed by atoms with Gasteiger partial charge in [0.1, 0.15) is 5.60 Å². The zero-order valence-corrected chi connectivity index (χ0v) is 11.1. The molecule has 0 aromatic rings. The highest BCUT2D eigenvalue weighted by Crippen LogP contribution is 2.17. The van der Waals surface area contributed by atoms with Crippen molar-refractivity contribution < 1.29 is 9.53 Å². The molecular weight excluding hydrogens is 228 g/mol. The van der Waals surface area contributed by atoms with Gasteiger partial charge < -0.3 is 15.8 Å². The number of nitrogens with one attached hydrogen (secondary N) is 1. The predicted octanol–water partition coefficient (Wildman–Crippen LogP) is 2.20. The number of ether oxygens (including phenoxy) is 1. The molecule has 0 spiro atoms. The number of alkyl carbamates (subject to hydrolysis) is 1. The summed E-state index contributed by atoms with van der Waals surface area (Å²) in [4.78, 5) is 11.5. The lowest BCUT2D eigenvalue weighted by molar-refractivity contribution is 0.0486. The number of carbonyl (C=O) groups is 1. The van der Waals surface area contributed by atoms with E-state index in [4.69, 9.17) is 10.5 Å². The second-order valence-electron chi connectivity index (χ2n) is 5.20. The van der Waals surface area contributed by atoms with Gasteiger partial charge in [-0.05, 0) is 33.6 Å². The summed E-state index contributed by atoms with van der Waals surface area (Å²) in [5.74, 6) is 0. The van der Waals surface area contributed by atoms with Gasteiger partial charge in [0.25, 0.3) is 0 Å². The SMILES string of the molecule is CC(C)(C)OC(=O)N[C@@H]1CCCC[C@H]1N.Cl. The molecule has 1 fully saturated rings. The first-order valence-electron chi connectivity index (χ1n) is 5.63. The molecule has 1 amide bonds. The summed E-state index contributed by atoms with van der Waals surface area (Å²) in [5, 5.41) is 2.84. The number of halogens is 1. The number of hydrogen-bond acceptors (Lipinski definition) is 3. The first kappa shape index (κ1) is 15.5. The Bertz CT molecular complexity index is 229. The smallest absolute Gasteiger partial charge is 0.407 e. The lowest BCUT2D eigenvalue weighted by atomic mass is 9.91. The van der Waals surface area contributed by atoms with Crippen LogP contribution in [0.1, 0.15) is 46.5 Å². The van der Waals surface area contributed by atoms with Crippen LogP contribution in [0.4, 0.5) is 4.79 Å². The summed E-state index contributed by atoms with van der Waals surface area (Å²) in [6.07, 6.45) is 3.88. The fourth-order valence-electron chi connectivity index (χ4n) is 1.80. The van der Waals surface area contributed by atoms with Gasteiger partial charge in [-0.15, -0.1) is 12.4 Å². The van der Waals surface area contributed by atoms with Gasteiger partial charge in [-0.1, -0.05) is 12.8 Å². The fourth-order valence-corrected chi connectivity index (χ4v) is 1.80. The average molecular weight is 251 g/mol. The van der Waals surface area contributed by atoms with Gasteiger partial charge in [-0.2, -0.15) is 0 Å². The molecule has 96 valence electrons. The molecule has 0 aromatic carbocycles. The number of carbonyl (C=O) groups excluding carboxylic acids is 1. The summed E-state index contributed by atoms with van der Waals surface area (Å²) >= 11 is 0. The molecular formula is C11H23ClN2O2. The molecule has 16 heavy (non-hydrogen) atoms. The van der Waals surface area contributed by atoms with E-state index < -0.39 is 5.60 Å². The third-order valence-electron chi connectivity index (χ3n) is 2.52. The van der Waals surface area contributed by atoms with Crippen LogP contribution in [0.2, 0.25) is 0 Å². The molecule has 1 saturated carbocycles. The van der Waals surface area contributed by atoms with Crippen molar-refractivity contribution in [3.8, 4) is 0 Å². The van der Waals surface area contributed by atoms with Gasteiger partial charge >= 0.3 is 6.09 Å². The van der Waals surface area contributed by atoms with E-state index in [-0.39, 0.29) is 30.6 Å². The number of rotatable bonds is 1. The topological polar surface area (TPSA) is 64.3 Å². The number of amides is 1. The Balaban J connectivity index is 0.00000225. The Hall–Kier alpha value is -0.480. The van der Waals surface area contributed by atoms with Crippen molar-refractivity contribution in [2.75, 3.05) is 0 Å². The Morgan fingerprint density at radius 2 is 1.88 bits per heavy atom. The molecule has 0 radical (unpaired) electrons. The van der Waals surface area contributed by atoms with Crippen LogP contribution >= 0.6 is 12.4 Å². The van der Waals surface area contributed by atoms with E-state index in [1.54, 1.807) is 0 Å². The maximum Gasteiger partial charge on any atom is 0.407 e. The first-order valence-corrected chi connectivity index (χ1v) is 5.63. The normalized spacial score (nSPS) is 25.5. The van der Waals surface area contributed by atoms with E-state index in [9.17, 15) is 4.79 Å². The summed E-state index contributed by atoms with van der Waals surface area (Å²) in [6.45, 7) is 5.56. The van der Waals surface area contributed by atoms with Crippen molar-refractivity contribution in [3.63, 3.8) is 0 Å². The molecule has 0 unspecified atom stereocenters. The van der Waals surface area contributed by atoms with E-state index >= 15 is 0 Å². The van der Waals surface area contributed by atoms with Crippen molar-refractivity contribution in [1.82, 2.24) is 5.32 Å². The molecule has 3 N–H and O–H groups in total. The zero-order valence-electron chi connectivity index (χ0n) is 10.3. The molecule has 5 heteroatoms. The highest BCUT2D eigenvalue weighted by molar-refractivity contribution is 5.85. The summed E-state index contributed by atoms with van der Waals surface area (Å²) in [6, 6.07) is 0.153. The van der Waals surface area contributed by atoms with Crippen LogP contribution in [-0.2, 0) is 4.74 Å². The Kier molecular flexibility index (Phi) is 6.11. The Morgan fingerprint density at radius 3 is 2.38 bits per heavy atom. The van der Waals surface area contributed by atoms with Crippen LogP contribution in [-0.4, -0.2) is 23.8 Å². The van der Waals surface area contributed by atoms with Crippen molar-refractivity contribution in [2.45, 2.75) is 64.1 Å². The average Bonchev–Trinajstić information content (AvgIpc) is 2.05. The molecule has 0 aliphatic heterocycles. The van der Waals surface area contributed by atoms with Crippen LogP contribution in [0.5, 0.6) is 0 Å². The Labute approximate surface area is 104 Å². The maximum atomic E-state index is 11.5. The minimum atomic E-state index is -0.442. The number of nitrogens with two attached hydrogens (primary N) is 1. The van der Waals surface area contributed by atoms with Gasteiger partial charge in [0.15, 0.2) is 0 Å². The minimum absolute atomic E-state index is 0. The van der Waals surface area contributed by atoms with Gasteiger partial charge in [-0.3, -0.25) is 0 Å². The van der Waals surface area contributed by atoms with E-state index in [1.807, 2.05) is 20.8 Å². The van der Waals surface area contributed by atoms with Crippen LogP contribution in [0.15, 0.2) is 0 Å². The molecule has 2 atom stereocenters. The van der Waals surface area contributed by atoms with Crippen molar-refractivity contribution in [2.24, 2.45) is 5.73 Å². The quantitative estimate of drug-likeness (QED) is 0.750. The van der Waals surface area contributed by atoms with E-state index in [0.29, 0.717) is 0 Å². The molecule has 1 aliphatic rings. The third kappa shape index (κ3) is 5.56. The summed E-state index contributed by atoms with van der Waals surface area (Å²) in [5.41, 5.74) is 5.48. The van der Waals surface area contributed by atoms with Crippen molar-refractivity contribution in [1.29, 1.82) is 0 Å². The van der Waals surface area contributed by atoms with E-state index in [0.717, 1.165) is 25.7 Å². The molecule has 1 rings (SSSR count). The Morgan fingerprint density at radius 1 is 1.31 bits per heavy atom. The summed E-state index contributed by atoms with van der Waals surface area (Å²) in [7, 11) is 0. The second-order valence-corrected chi connectivity index (χ2v) is 5.20. The monoisotopic (exact) mass is 250 g/mol. The number of hydrogen-bond donors (Lipinski definition) is 2. The zero-order chi connectivity index (χ0) is 11.5. The van der Waals surface area contributed by atoms with Crippen LogP contribution in [0, 0.1) is 0 Å². The van der Waals surface area contributed by atoms with Gasteiger partial charge in [0.2, 0.25) is 0 Å². The van der Waals surface area contributed by atoms with E-state index in [1.165, 1.54) is 0 Å². The van der Waals surface area contributed by atoms with Gasteiger partial charge in [0.05, 0.1) is 0 Å².